The number of hydrogen-bond donors (Lipinski definition) is 0. The summed E-state index contributed by atoms with van der Waals surface area (Å²) in [6, 6.07) is 9.07. The first kappa shape index (κ1) is 10.7. The first-order chi connectivity index (χ1) is 7.18. The van der Waals surface area contributed by atoms with Crippen LogP contribution in [0.1, 0.15) is 0 Å². The summed E-state index contributed by atoms with van der Waals surface area (Å²) in [5.74, 6) is 0. The van der Waals surface area contributed by atoms with E-state index in [0.29, 0.717) is 15.2 Å². The Balaban J connectivity index is 2.59. The number of aromatic nitrogens is 1. The van der Waals surface area contributed by atoms with Crippen LogP contribution in [0, 0.1) is 0 Å². The molecule has 0 fully saturated rings. The van der Waals surface area contributed by atoms with Crippen LogP contribution in [-0.2, 0) is 0 Å². The molecule has 0 aliphatic rings. The van der Waals surface area contributed by atoms with E-state index in [9.17, 15) is 0 Å². The molecule has 1 aromatic carbocycles. The van der Waals surface area contributed by atoms with Crippen molar-refractivity contribution in [1.29, 1.82) is 0 Å². The van der Waals surface area contributed by atoms with Crippen molar-refractivity contribution in [3.63, 3.8) is 0 Å². The maximum Gasteiger partial charge on any atom is 0.129 e. The maximum absolute atomic E-state index is 6.08. The molecule has 0 saturated carbocycles. The summed E-state index contributed by atoms with van der Waals surface area (Å²) < 4.78 is 0. The Morgan fingerprint density at radius 1 is 1.00 bits per heavy atom. The molecule has 0 radical (unpaired) electrons. The number of pyridine rings is 1. The summed E-state index contributed by atoms with van der Waals surface area (Å²) >= 11 is 17.8. The summed E-state index contributed by atoms with van der Waals surface area (Å²) in [6.45, 7) is 0. The van der Waals surface area contributed by atoms with Crippen molar-refractivity contribution in [1.82, 2.24) is 4.98 Å². The van der Waals surface area contributed by atoms with Crippen molar-refractivity contribution in [3.8, 4) is 11.1 Å². The summed E-state index contributed by atoms with van der Waals surface area (Å²) in [6.07, 6.45) is 1.63. The minimum Gasteiger partial charge on any atom is -0.245 e. The standard InChI is InChI=1S/C11H6Cl3N/c12-9-3-1-2-8(11(9)14)7-4-5-15-10(13)6-7/h1-6H. The number of rotatable bonds is 1. The molecular weight excluding hydrogens is 252 g/mol. The summed E-state index contributed by atoms with van der Waals surface area (Å²) in [7, 11) is 0. The van der Waals surface area contributed by atoms with Gasteiger partial charge in [0.1, 0.15) is 5.15 Å². The quantitative estimate of drug-likeness (QED) is 0.675. The van der Waals surface area contributed by atoms with Crippen molar-refractivity contribution in [2.75, 3.05) is 0 Å². The number of benzene rings is 1. The van der Waals surface area contributed by atoms with Gasteiger partial charge >= 0.3 is 0 Å². The van der Waals surface area contributed by atoms with E-state index in [2.05, 4.69) is 4.98 Å². The predicted octanol–water partition coefficient (Wildman–Crippen LogP) is 4.71. The zero-order valence-corrected chi connectivity index (χ0v) is 9.81. The minimum atomic E-state index is 0.434. The lowest BCUT2D eigenvalue weighted by Crippen LogP contribution is -1.82. The van der Waals surface area contributed by atoms with Gasteiger partial charge in [0.05, 0.1) is 10.0 Å². The van der Waals surface area contributed by atoms with Gasteiger partial charge < -0.3 is 0 Å². The first-order valence-corrected chi connectivity index (χ1v) is 5.38. The zero-order valence-electron chi connectivity index (χ0n) is 7.55. The van der Waals surface area contributed by atoms with Gasteiger partial charge in [-0.1, -0.05) is 46.9 Å². The van der Waals surface area contributed by atoms with Crippen molar-refractivity contribution in [2.45, 2.75) is 0 Å². The maximum atomic E-state index is 6.08. The smallest absolute Gasteiger partial charge is 0.129 e. The summed E-state index contributed by atoms with van der Waals surface area (Å²) in [5.41, 5.74) is 1.76. The highest BCUT2D eigenvalue weighted by Gasteiger charge is 2.06. The van der Waals surface area contributed by atoms with E-state index < -0.39 is 0 Å². The van der Waals surface area contributed by atoms with Gasteiger partial charge in [0.2, 0.25) is 0 Å². The molecule has 1 heterocycles. The highest BCUT2D eigenvalue weighted by molar-refractivity contribution is 6.43. The molecule has 0 aliphatic heterocycles. The third-order valence-corrected chi connectivity index (χ3v) is 3.01. The average Bonchev–Trinajstić information content (AvgIpc) is 2.22. The van der Waals surface area contributed by atoms with Gasteiger partial charge in [0.15, 0.2) is 0 Å². The molecule has 76 valence electrons. The van der Waals surface area contributed by atoms with Gasteiger partial charge in [-0.05, 0) is 23.8 Å². The second-order valence-corrected chi connectivity index (χ2v) is 4.14. The summed E-state index contributed by atoms with van der Waals surface area (Å²) in [4.78, 5) is 3.91. The van der Waals surface area contributed by atoms with Gasteiger partial charge in [-0.3, -0.25) is 0 Å². The van der Waals surface area contributed by atoms with E-state index in [0.717, 1.165) is 11.1 Å². The number of halogens is 3. The third kappa shape index (κ3) is 2.25. The van der Waals surface area contributed by atoms with E-state index in [4.69, 9.17) is 34.8 Å². The molecule has 0 bridgehead atoms. The SMILES string of the molecule is Clc1cc(-c2cccc(Cl)c2Cl)ccn1. The lowest BCUT2D eigenvalue weighted by atomic mass is 10.1. The molecule has 1 aromatic heterocycles. The Morgan fingerprint density at radius 2 is 1.80 bits per heavy atom. The average molecular weight is 259 g/mol. The number of nitrogens with zero attached hydrogens (tertiary/aromatic N) is 1. The van der Waals surface area contributed by atoms with Gasteiger partial charge in [-0.15, -0.1) is 0 Å². The number of hydrogen-bond acceptors (Lipinski definition) is 1. The van der Waals surface area contributed by atoms with Gasteiger partial charge in [-0.2, -0.15) is 0 Å². The molecule has 0 saturated heterocycles. The van der Waals surface area contributed by atoms with E-state index >= 15 is 0 Å². The fraction of sp³-hybridized carbons (Fsp3) is 0. The van der Waals surface area contributed by atoms with Crippen LogP contribution in [0.15, 0.2) is 36.5 Å². The fourth-order valence-electron chi connectivity index (χ4n) is 1.30. The first-order valence-electron chi connectivity index (χ1n) is 4.24. The zero-order chi connectivity index (χ0) is 10.8. The molecule has 0 atom stereocenters. The molecule has 1 nitrogen and oxygen atoms in total. The third-order valence-electron chi connectivity index (χ3n) is 1.99. The van der Waals surface area contributed by atoms with Crippen molar-refractivity contribution < 1.29 is 0 Å². The normalized spacial score (nSPS) is 10.3. The summed E-state index contributed by atoms with van der Waals surface area (Å²) in [5, 5.41) is 1.49. The van der Waals surface area contributed by atoms with Crippen molar-refractivity contribution in [3.05, 3.63) is 51.7 Å². The molecule has 2 aromatic rings. The Morgan fingerprint density at radius 3 is 2.53 bits per heavy atom. The lowest BCUT2D eigenvalue weighted by Gasteiger charge is -2.05. The lowest BCUT2D eigenvalue weighted by molar-refractivity contribution is 1.33. The molecule has 0 unspecified atom stereocenters. The van der Waals surface area contributed by atoms with Gasteiger partial charge in [0.25, 0.3) is 0 Å². The van der Waals surface area contributed by atoms with E-state index in [1.165, 1.54) is 0 Å². The second-order valence-electron chi connectivity index (χ2n) is 2.97. The molecule has 0 spiro atoms. The second kappa shape index (κ2) is 4.40. The van der Waals surface area contributed by atoms with Crippen LogP contribution >= 0.6 is 34.8 Å². The monoisotopic (exact) mass is 257 g/mol. The van der Waals surface area contributed by atoms with E-state index in [1.54, 1.807) is 18.3 Å². The van der Waals surface area contributed by atoms with E-state index in [1.807, 2.05) is 18.2 Å². The largest absolute Gasteiger partial charge is 0.245 e. The van der Waals surface area contributed by atoms with Crippen LogP contribution in [0.25, 0.3) is 11.1 Å². The molecular formula is C11H6Cl3N. The van der Waals surface area contributed by atoms with Crippen LogP contribution in [0.4, 0.5) is 0 Å². The molecule has 15 heavy (non-hydrogen) atoms. The molecule has 2 rings (SSSR count). The predicted molar refractivity (Wildman–Crippen MR) is 64.7 cm³/mol. The Kier molecular flexibility index (Phi) is 3.15. The van der Waals surface area contributed by atoms with Crippen molar-refractivity contribution >= 4 is 34.8 Å². The van der Waals surface area contributed by atoms with Crippen LogP contribution < -0.4 is 0 Å². The van der Waals surface area contributed by atoms with Crippen molar-refractivity contribution in [2.24, 2.45) is 0 Å². The fourth-order valence-corrected chi connectivity index (χ4v) is 1.88. The Labute approximate surface area is 103 Å². The highest BCUT2D eigenvalue weighted by Crippen LogP contribution is 2.33. The molecule has 0 N–H and O–H groups in total. The van der Waals surface area contributed by atoms with E-state index in [-0.39, 0.29) is 0 Å². The molecule has 0 amide bonds. The van der Waals surface area contributed by atoms with Gasteiger partial charge in [0, 0.05) is 11.8 Å². The Bertz CT molecular complexity index is 497. The van der Waals surface area contributed by atoms with Crippen LogP contribution in [-0.4, -0.2) is 4.98 Å². The van der Waals surface area contributed by atoms with Crippen LogP contribution in [0.5, 0.6) is 0 Å². The molecule has 4 heteroatoms. The molecule has 0 aliphatic carbocycles. The topological polar surface area (TPSA) is 12.9 Å². The van der Waals surface area contributed by atoms with Crippen LogP contribution in [0.2, 0.25) is 15.2 Å². The highest BCUT2D eigenvalue weighted by atomic mass is 35.5. The van der Waals surface area contributed by atoms with Crippen LogP contribution in [0.3, 0.4) is 0 Å². The van der Waals surface area contributed by atoms with Gasteiger partial charge in [-0.25, -0.2) is 4.98 Å². The Hall–Kier alpha value is -0.760. The minimum absolute atomic E-state index is 0.434.